The van der Waals surface area contributed by atoms with Gasteiger partial charge >= 0.3 is 0 Å². The van der Waals surface area contributed by atoms with Crippen LogP contribution in [0.5, 0.6) is 11.5 Å². The van der Waals surface area contributed by atoms with E-state index in [9.17, 15) is 0 Å². The predicted octanol–water partition coefficient (Wildman–Crippen LogP) is 17.3. The number of hydrogen-bond acceptors (Lipinski definition) is 3. The molecule has 0 bridgehead atoms. The second-order valence-corrected chi connectivity index (χ2v) is 19.8. The van der Waals surface area contributed by atoms with Crippen molar-refractivity contribution >= 4 is 39.6 Å². The molecule has 11 aromatic rings. The fraction of sp³-hybridized carbons (Fsp3) is 0.0303. The summed E-state index contributed by atoms with van der Waals surface area (Å²) < 4.78 is 6.73. The predicted molar refractivity (Wildman–Crippen MR) is 283 cm³/mol. The Hall–Kier alpha value is -8.37. The lowest BCUT2D eigenvalue weighted by Crippen LogP contribution is -2.32. The summed E-state index contributed by atoms with van der Waals surface area (Å²) in [7, 11) is 0. The van der Waals surface area contributed by atoms with Gasteiger partial charge in [-0.15, -0.1) is 0 Å². The molecule has 2 spiro atoms. The molecule has 322 valence electrons. The van der Waals surface area contributed by atoms with Crippen LogP contribution in [0.15, 0.2) is 259 Å². The lowest BCUT2D eigenvalue weighted by atomic mass is 9.66. The van der Waals surface area contributed by atoms with E-state index in [-0.39, 0.29) is 0 Å². The van der Waals surface area contributed by atoms with Crippen LogP contribution in [0.25, 0.3) is 44.2 Å². The molecule has 0 saturated heterocycles. The Kier molecular flexibility index (Phi) is 8.17. The van der Waals surface area contributed by atoms with Gasteiger partial charge in [-0.05, 0) is 144 Å². The summed E-state index contributed by atoms with van der Waals surface area (Å²) in [5.74, 6) is 1.78. The van der Waals surface area contributed by atoms with Crippen LogP contribution in [0.4, 0.5) is 17.1 Å². The Balaban J connectivity index is 0.984. The molecule has 0 fully saturated rings. The van der Waals surface area contributed by atoms with Crippen LogP contribution < -0.4 is 9.64 Å². The Morgan fingerprint density at radius 3 is 1.51 bits per heavy atom. The highest BCUT2D eigenvalue weighted by Gasteiger charge is 2.52. The molecule has 0 amide bonds. The maximum absolute atomic E-state index is 6.73. The highest BCUT2D eigenvalue weighted by molar-refractivity contribution is 7.99. The van der Waals surface area contributed by atoms with Gasteiger partial charge in [-0.1, -0.05) is 194 Å². The molecule has 3 heteroatoms. The van der Waals surface area contributed by atoms with E-state index in [4.69, 9.17) is 4.74 Å². The van der Waals surface area contributed by atoms with Gasteiger partial charge in [0.1, 0.15) is 11.5 Å². The molecule has 69 heavy (non-hydrogen) atoms. The normalized spacial score (nSPS) is 15.8. The fourth-order valence-corrected chi connectivity index (χ4v) is 13.8. The number of nitrogens with zero attached hydrogens (tertiary/aromatic N) is 1. The Morgan fingerprint density at radius 2 is 0.783 bits per heavy atom. The van der Waals surface area contributed by atoms with E-state index >= 15 is 0 Å². The number of para-hydroxylation sites is 2. The molecule has 2 nitrogen and oxygen atoms in total. The number of hydrogen-bond donors (Lipinski definition) is 0. The van der Waals surface area contributed by atoms with Crippen molar-refractivity contribution in [1.29, 1.82) is 0 Å². The maximum Gasteiger partial charge on any atom is 0.132 e. The van der Waals surface area contributed by atoms with Crippen LogP contribution >= 0.6 is 11.8 Å². The van der Waals surface area contributed by atoms with Gasteiger partial charge in [0.25, 0.3) is 0 Å². The highest BCUT2D eigenvalue weighted by atomic mass is 32.2. The average Bonchev–Trinajstić information content (AvgIpc) is 3.86. The molecule has 2 heterocycles. The number of rotatable bonds is 4. The van der Waals surface area contributed by atoms with Crippen molar-refractivity contribution in [2.75, 3.05) is 4.90 Å². The van der Waals surface area contributed by atoms with Crippen molar-refractivity contribution in [3.05, 3.63) is 293 Å². The summed E-state index contributed by atoms with van der Waals surface area (Å²) in [4.78, 5) is 5.09. The first-order valence-electron chi connectivity index (χ1n) is 23.8. The number of ether oxygens (including phenoxy) is 1. The molecule has 2 aliphatic carbocycles. The fourth-order valence-electron chi connectivity index (χ4n) is 12.6. The first kappa shape index (κ1) is 38.7. The van der Waals surface area contributed by atoms with Gasteiger partial charge < -0.3 is 9.64 Å². The summed E-state index contributed by atoms with van der Waals surface area (Å²) in [5, 5.41) is 2.52. The maximum atomic E-state index is 6.73. The zero-order chi connectivity index (χ0) is 45.3. The first-order valence-corrected chi connectivity index (χ1v) is 24.6. The Bertz CT molecular complexity index is 3880. The molecule has 1 unspecified atom stereocenters. The monoisotopic (exact) mass is 895 g/mol. The Labute approximate surface area is 405 Å². The molecule has 0 N–H and O–H groups in total. The quantitative estimate of drug-likeness (QED) is 0.175. The van der Waals surface area contributed by atoms with E-state index in [0.717, 1.165) is 39.7 Å². The minimum absolute atomic E-state index is 0.497. The highest BCUT2D eigenvalue weighted by Crippen LogP contribution is 2.65. The van der Waals surface area contributed by atoms with Crippen LogP contribution in [0.1, 0.15) is 44.5 Å². The zero-order valence-electron chi connectivity index (χ0n) is 37.4. The van der Waals surface area contributed by atoms with Crippen LogP contribution in [0.2, 0.25) is 0 Å². The van der Waals surface area contributed by atoms with Gasteiger partial charge in [0, 0.05) is 38.0 Å². The van der Waals surface area contributed by atoms with Gasteiger partial charge in [0.05, 0.1) is 10.8 Å². The number of fused-ring (bicyclic) bond motifs is 19. The van der Waals surface area contributed by atoms with Crippen LogP contribution in [0, 0.1) is 0 Å². The smallest absolute Gasteiger partial charge is 0.132 e. The van der Waals surface area contributed by atoms with Gasteiger partial charge in [-0.25, -0.2) is 0 Å². The topological polar surface area (TPSA) is 12.5 Å². The van der Waals surface area contributed by atoms with Gasteiger partial charge in [-0.3, -0.25) is 0 Å². The summed E-state index contributed by atoms with van der Waals surface area (Å²) in [5.41, 5.74) is 19.8. The average molecular weight is 896 g/mol. The molecule has 15 rings (SSSR count). The third-order valence-electron chi connectivity index (χ3n) is 15.4. The van der Waals surface area contributed by atoms with Gasteiger partial charge in [0.15, 0.2) is 0 Å². The third-order valence-corrected chi connectivity index (χ3v) is 16.5. The summed E-state index contributed by atoms with van der Waals surface area (Å²) >= 11 is 1.90. The second-order valence-electron chi connectivity index (χ2n) is 18.7. The molecular formula is C66H41NOS. The number of anilines is 3. The van der Waals surface area contributed by atoms with Crippen LogP contribution in [0.3, 0.4) is 0 Å². The van der Waals surface area contributed by atoms with Crippen molar-refractivity contribution in [2.24, 2.45) is 0 Å². The molecule has 11 aromatic carbocycles. The summed E-state index contributed by atoms with van der Waals surface area (Å²) in [6.07, 6.45) is 0. The summed E-state index contributed by atoms with van der Waals surface area (Å²) in [6, 6.07) is 92.4. The van der Waals surface area contributed by atoms with E-state index in [1.54, 1.807) is 0 Å². The number of benzene rings is 11. The summed E-state index contributed by atoms with van der Waals surface area (Å²) in [6.45, 7) is 0. The van der Waals surface area contributed by atoms with Crippen molar-refractivity contribution in [3.8, 4) is 44.9 Å². The van der Waals surface area contributed by atoms with E-state index in [1.165, 1.54) is 87.3 Å². The molecule has 1 atom stereocenters. The molecule has 4 aliphatic rings. The second kappa shape index (κ2) is 14.6. The largest absolute Gasteiger partial charge is 0.457 e. The zero-order valence-corrected chi connectivity index (χ0v) is 38.3. The third kappa shape index (κ3) is 5.28. The van der Waals surface area contributed by atoms with Crippen molar-refractivity contribution in [1.82, 2.24) is 0 Å². The Morgan fingerprint density at radius 1 is 0.290 bits per heavy atom. The molecule has 2 aliphatic heterocycles. The van der Waals surface area contributed by atoms with Crippen molar-refractivity contribution < 1.29 is 4.74 Å². The van der Waals surface area contributed by atoms with Crippen molar-refractivity contribution in [3.63, 3.8) is 0 Å². The molecule has 0 saturated carbocycles. The van der Waals surface area contributed by atoms with Gasteiger partial charge in [-0.2, -0.15) is 0 Å². The van der Waals surface area contributed by atoms with E-state index in [2.05, 4.69) is 254 Å². The first-order chi connectivity index (χ1) is 34.2. The lowest BCUT2D eigenvalue weighted by Gasteiger charge is -2.40. The lowest BCUT2D eigenvalue weighted by molar-refractivity contribution is 0.436. The minimum atomic E-state index is -0.594. The molecular weight excluding hydrogens is 855 g/mol. The van der Waals surface area contributed by atoms with E-state index < -0.39 is 10.8 Å². The van der Waals surface area contributed by atoms with Crippen LogP contribution in [-0.2, 0) is 10.8 Å². The minimum Gasteiger partial charge on any atom is -0.457 e. The van der Waals surface area contributed by atoms with E-state index in [1.807, 2.05) is 11.8 Å². The standard InChI is InChI=1S/C66H41NOS/c1-2-16-42(17-3-1)43-30-32-46(33-31-43)67(48-34-36-51-49-20-6-8-22-53(49)66(59(51)41-48)56-24-10-13-27-61(56)68-62-28-14-11-25-57(62)66)47-35-37-55-52(40-47)50-21-7-9-23-54(50)65(55)58-26-12-15-29-63(58)69-64-39-45-19-5-4-18-44(45)38-60(64)65/h1-41H. The van der Waals surface area contributed by atoms with Crippen LogP contribution in [-0.4, -0.2) is 0 Å². The van der Waals surface area contributed by atoms with Crippen molar-refractivity contribution in [2.45, 2.75) is 20.6 Å². The van der Waals surface area contributed by atoms with E-state index in [0.29, 0.717) is 0 Å². The SMILES string of the molecule is c1ccc(-c2ccc(N(c3ccc4c(c3)-c3ccccc3C43c4ccccc4Sc4cc5ccccc5cc43)c3ccc4c(c3)C3(c5ccccc5Oc5ccccc53)c3ccccc3-4)cc2)cc1. The van der Waals surface area contributed by atoms with Gasteiger partial charge in [0.2, 0.25) is 0 Å². The molecule has 0 radical (unpaired) electrons. The molecule has 0 aromatic heterocycles.